The molecule has 4 nitrogen and oxygen atoms in total. The van der Waals surface area contributed by atoms with Crippen molar-refractivity contribution in [1.82, 2.24) is 15.0 Å². The maximum Gasteiger partial charge on any atom is 0.164 e. The first-order valence-corrected chi connectivity index (χ1v) is 11.1. The largest absolute Gasteiger partial charge is 0.356 e. The zero-order valence-electron chi connectivity index (χ0n) is 16.6. The molecule has 1 aromatic carbocycles. The van der Waals surface area contributed by atoms with Crippen LogP contribution in [0, 0.1) is 12.8 Å². The summed E-state index contributed by atoms with van der Waals surface area (Å²) in [6, 6.07) is 17.1. The lowest BCUT2D eigenvalue weighted by Gasteiger charge is -2.33. The predicted octanol–water partition coefficient (Wildman–Crippen LogP) is 5.52. The second-order valence-corrected chi connectivity index (χ2v) is 9.04. The van der Waals surface area contributed by atoms with E-state index in [1.165, 1.54) is 35.1 Å². The molecule has 0 radical (unpaired) electrons. The maximum atomic E-state index is 5.00. The molecule has 0 bridgehead atoms. The van der Waals surface area contributed by atoms with E-state index < -0.39 is 0 Å². The van der Waals surface area contributed by atoms with Crippen molar-refractivity contribution in [3.63, 3.8) is 0 Å². The summed E-state index contributed by atoms with van der Waals surface area (Å²) in [5.74, 6) is 2.60. The Kier molecular flexibility index (Phi) is 4.98. The third kappa shape index (κ3) is 3.87. The van der Waals surface area contributed by atoms with Gasteiger partial charge in [-0.25, -0.2) is 9.97 Å². The van der Waals surface area contributed by atoms with Gasteiger partial charge in [-0.3, -0.25) is 4.98 Å². The van der Waals surface area contributed by atoms with E-state index in [0.29, 0.717) is 0 Å². The first-order valence-electron chi connectivity index (χ1n) is 10.2. The van der Waals surface area contributed by atoms with Crippen LogP contribution in [0.2, 0.25) is 0 Å². The summed E-state index contributed by atoms with van der Waals surface area (Å²) < 4.78 is 0. The predicted molar refractivity (Wildman–Crippen MR) is 120 cm³/mol. The summed E-state index contributed by atoms with van der Waals surface area (Å²) in [4.78, 5) is 18.9. The van der Waals surface area contributed by atoms with Gasteiger partial charge in [0, 0.05) is 35.9 Å². The van der Waals surface area contributed by atoms with Crippen LogP contribution in [0.1, 0.15) is 23.3 Å². The van der Waals surface area contributed by atoms with Crippen molar-refractivity contribution in [2.75, 3.05) is 18.0 Å². The van der Waals surface area contributed by atoms with Crippen molar-refractivity contribution in [2.24, 2.45) is 5.92 Å². The number of rotatable bonds is 4. The Hall–Kier alpha value is -2.79. The highest BCUT2D eigenvalue weighted by atomic mass is 32.1. The molecule has 0 N–H and O–H groups in total. The quantitative estimate of drug-likeness (QED) is 0.452. The fourth-order valence-electron chi connectivity index (χ4n) is 4.19. The summed E-state index contributed by atoms with van der Waals surface area (Å²) in [7, 11) is 0. The number of hydrogen-bond acceptors (Lipinski definition) is 5. The molecule has 0 amide bonds. The lowest BCUT2D eigenvalue weighted by atomic mass is 9.90. The third-order valence-electron chi connectivity index (χ3n) is 5.70. The van der Waals surface area contributed by atoms with Crippen LogP contribution in [0.25, 0.3) is 21.6 Å². The fourth-order valence-corrected chi connectivity index (χ4v) is 5.06. The SMILES string of the molecule is Cc1cc2c(N3CCC(Cc4ccccc4)CC3)nc(-c3cccnc3)nc2s1. The molecule has 0 atom stereocenters. The van der Waals surface area contributed by atoms with E-state index in [1.54, 1.807) is 17.5 Å². The van der Waals surface area contributed by atoms with Crippen molar-refractivity contribution >= 4 is 27.4 Å². The van der Waals surface area contributed by atoms with E-state index in [1.807, 2.05) is 18.3 Å². The molecule has 0 unspecified atom stereocenters. The number of nitrogens with zero attached hydrogens (tertiary/aromatic N) is 4. The van der Waals surface area contributed by atoms with Crippen LogP contribution in [0.5, 0.6) is 0 Å². The molecular formula is C24H24N4S. The van der Waals surface area contributed by atoms with Gasteiger partial charge in [0.25, 0.3) is 0 Å². The van der Waals surface area contributed by atoms with Gasteiger partial charge in [0.05, 0.1) is 5.39 Å². The van der Waals surface area contributed by atoms with Gasteiger partial charge < -0.3 is 4.90 Å². The molecule has 3 aromatic heterocycles. The van der Waals surface area contributed by atoms with Crippen LogP contribution in [0.4, 0.5) is 5.82 Å². The van der Waals surface area contributed by atoms with Crippen molar-refractivity contribution in [1.29, 1.82) is 0 Å². The van der Waals surface area contributed by atoms with Gasteiger partial charge in [0.2, 0.25) is 0 Å². The molecule has 1 saturated heterocycles. The average molecular weight is 401 g/mol. The standard InChI is InChI=1S/C24H24N4S/c1-17-14-21-23(26-22(27-24(21)29-17)20-8-5-11-25-16-20)28-12-9-19(10-13-28)15-18-6-3-2-4-7-18/h2-8,11,14,16,19H,9-10,12-13,15H2,1H3. The van der Waals surface area contributed by atoms with Gasteiger partial charge >= 0.3 is 0 Å². The van der Waals surface area contributed by atoms with E-state index >= 15 is 0 Å². The molecule has 1 aliphatic heterocycles. The molecule has 4 aromatic rings. The smallest absolute Gasteiger partial charge is 0.164 e. The van der Waals surface area contributed by atoms with Gasteiger partial charge in [-0.05, 0) is 55.9 Å². The van der Waals surface area contributed by atoms with Gasteiger partial charge in [-0.15, -0.1) is 11.3 Å². The topological polar surface area (TPSA) is 41.9 Å². The average Bonchev–Trinajstić information content (AvgIpc) is 3.15. The number of fused-ring (bicyclic) bond motifs is 1. The Labute approximate surface area is 175 Å². The molecule has 5 heteroatoms. The molecule has 0 spiro atoms. The van der Waals surface area contributed by atoms with Crippen LogP contribution < -0.4 is 4.90 Å². The van der Waals surface area contributed by atoms with Crippen LogP contribution in [0.3, 0.4) is 0 Å². The second-order valence-electron chi connectivity index (χ2n) is 7.81. The number of anilines is 1. The minimum atomic E-state index is 0.744. The van der Waals surface area contributed by atoms with Crippen molar-refractivity contribution in [3.8, 4) is 11.4 Å². The number of pyridine rings is 1. The second kappa shape index (κ2) is 7.91. The van der Waals surface area contributed by atoms with Crippen LogP contribution >= 0.6 is 11.3 Å². The van der Waals surface area contributed by atoms with E-state index in [0.717, 1.165) is 41.0 Å². The van der Waals surface area contributed by atoms with Crippen molar-refractivity contribution in [2.45, 2.75) is 26.2 Å². The van der Waals surface area contributed by atoms with Gasteiger partial charge in [-0.1, -0.05) is 30.3 Å². The first-order chi connectivity index (χ1) is 14.3. The molecule has 1 fully saturated rings. The summed E-state index contributed by atoms with van der Waals surface area (Å²) in [5, 5.41) is 1.18. The maximum absolute atomic E-state index is 5.00. The molecule has 5 rings (SSSR count). The Morgan fingerprint density at radius 2 is 1.86 bits per heavy atom. The zero-order valence-corrected chi connectivity index (χ0v) is 17.4. The normalized spacial score (nSPS) is 15.1. The van der Waals surface area contributed by atoms with E-state index in [-0.39, 0.29) is 0 Å². The Morgan fingerprint density at radius 1 is 1.03 bits per heavy atom. The molecule has 0 aliphatic carbocycles. The molecule has 1 aliphatic rings. The van der Waals surface area contributed by atoms with E-state index in [9.17, 15) is 0 Å². The highest BCUT2D eigenvalue weighted by Gasteiger charge is 2.23. The van der Waals surface area contributed by atoms with E-state index in [2.05, 4.69) is 53.2 Å². The Bertz CT molecular complexity index is 1100. The van der Waals surface area contributed by atoms with Crippen molar-refractivity contribution in [3.05, 3.63) is 71.4 Å². The van der Waals surface area contributed by atoms with Gasteiger partial charge in [0.15, 0.2) is 5.82 Å². The number of aromatic nitrogens is 3. The monoisotopic (exact) mass is 400 g/mol. The molecular weight excluding hydrogens is 376 g/mol. The number of thiophene rings is 1. The third-order valence-corrected chi connectivity index (χ3v) is 6.64. The highest BCUT2D eigenvalue weighted by Crippen LogP contribution is 2.35. The zero-order chi connectivity index (χ0) is 19.6. The lowest BCUT2D eigenvalue weighted by Crippen LogP contribution is -2.35. The summed E-state index contributed by atoms with van der Waals surface area (Å²) in [6.45, 7) is 4.24. The van der Waals surface area contributed by atoms with Gasteiger partial charge in [-0.2, -0.15) is 0 Å². The van der Waals surface area contributed by atoms with Gasteiger partial charge in [0.1, 0.15) is 10.6 Å². The molecule has 4 heterocycles. The molecule has 29 heavy (non-hydrogen) atoms. The van der Waals surface area contributed by atoms with Crippen LogP contribution in [-0.4, -0.2) is 28.0 Å². The Morgan fingerprint density at radius 3 is 2.62 bits per heavy atom. The number of aryl methyl sites for hydroxylation is 1. The fraction of sp³-hybridized carbons (Fsp3) is 0.292. The number of hydrogen-bond donors (Lipinski definition) is 0. The van der Waals surface area contributed by atoms with Crippen molar-refractivity contribution < 1.29 is 0 Å². The minimum absolute atomic E-state index is 0.744. The summed E-state index contributed by atoms with van der Waals surface area (Å²) in [6.07, 6.45) is 7.21. The number of benzene rings is 1. The first kappa shape index (κ1) is 18.3. The van der Waals surface area contributed by atoms with Crippen LogP contribution in [0.15, 0.2) is 60.9 Å². The molecule has 146 valence electrons. The molecule has 0 saturated carbocycles. The number of piperidine rings is 1. The van der Waals surface area contributed by atoms with E-state index in [4.69, 9.17) is 9.97 Å². The summed E-state index contributed by atoms with van der Waals surface area (Å²) in [5.41, 5.74) is 2.42. The van der Waals surface area contributed by atoms with Crippen LogP contribution in [-0.2, 0) is 6.42 Å². The summed E-state index contributed by atoms with van der Waals surface area (Å²) >= 11 is 1.74. The minimum Gasteiger partial charge on any atom is -0.356 e. The lowest BCUT2D eigenvalue weighted by molar-refractivity contribution is 0.403. The Balaban J connectivity index is 1.41. The highest BCUT2D eigenvalue weighted by molar-refractivity contribution is 7.18.